The highest BCUT2D eigenvalue weighted by Gasteiger charge is 2.38. The van der Waals surface area contributed by atoms with Crippen molar-refractivity contribution < 1.29 is 32.2 Å². The minimum atomic E-state index is -4.50. The van der Waals surface area contributed by atoms with Gasteiger partial charge < -0.3 is 32.1 Å². The molecule has 0 radical (unpaired) electrons. The molecule has 13 heteroatoms. The van der Waals surface area contributed by atoms with Crippen molar-refractivity contribution in [3.05, 3.63) is 64.7 Å². The molecule has 1 aliphatic rings. The average molecular weight is 603 g/mol. The summed E-state index contributed by atoms with van der Waals surface area (Å²) in [4.78, 5) is 40.7. The van der Waals surface area contributed by atoms with Crippen molar-refractivity contribution in [1.82, 2.24) is 10.2 Å². The highest BCUT2D eigenvalue weighted by molar-refractivity contribution is 6.67. The first-order valence-electron chi connectivity index (χ1n) is 14.4. The van der Waals surface area contributed by atoms with Crippen LogP contribution in [0, 0.1) is 0 Å². The number of nitrogens with one attached hydrogen (secondary N) is 1. The van der Waals surface area contributed by atoms with Crippen LogP contribution in [0.5, 0.6) is 0 Å². The van der Waals surface area contributed by atoms with E-state index in [0.717, 1.165) is 28.7 Å². The van der Waals surface area contributed by atoms with Gasteiger partial charge in [0.05, 0.1) is 23.2 Å². The van der Waals surface area contributed by atoms with E-state index in [-0.39, 0.29) is 57.4 Å². The van der Waals surface area contributed by atoms with Crippen LogP contribution >= 0.6 is 0 Å². The van der Waals surface area contributed by atoms with Gasteiger partial charge in [-0.25, -0.2) is 0 Å². The maximum Gasteiger partial charge on any atom is 0.416 e. The van der Waals surface area contributed by atoms with Gasteiger partial charge in [-0.15, -0.1) is 0 Å². The number of nitrogens with two attached hydrogens (primary N) is 3. The number of hydrogen-bond donors (Lipinski definition) is 4. The zero-order chi connectivity index (χ0) is 31.9. The van der Waals surface area contributed by atoms with E-state index in [9.17, 15) is 27.6 Å². The van der Waals surface area contributed by atoms with Crippen LogP contribution < -0.4 is 28.0 Å². The summed E-state index contributed by atoms with van der Waals surface area (Å²) in [5.74, 6) is -1.22. The predicted octanol–water partition coefficient (Wildman–Crippen LogP) is 1.49. The van der Waals surface area contributed by atoms with E-state index < -0.39 is 35.3 Å². The van der Waals surface area contributed by atoms with Crippen molar-refractivity contribution in [2.45, 2.75) is 70.2 Å². The third-order valence-electron chi connectivity index (χ3n) is 7.64. The second-order valence-electron chi connectivity index (χ2n) is 11.4. The van der Waals surface area contributed by atoms with Gasteiger partial charge in [-0.1, -0.05) is 37.2 Å². The first kappa shape index (κ1) is 34.2. The van der Waals surface area contributed by atoms with Crippen LogP contribution in [0.25, 0.3) is 0 Å². The van der Waals surface area contributed by atoms with E-state index in [1.165, 1.54) is 17.0 Å². The number of benzene rings is 2. The standard InChI is InChI=1S/C30H41BF3N5O4/c1-29(2)22-16-20(6-9-23(22)31(3)43-29)18-26(40)25(17-19-4-7-21(8-5-19)30(32,33)34)38-28(42)24(37)10-11-27(41)39(14-12-35)15-13-36/h4-9,16,24-25H,10-15,17-18,35-37H2,1-3H3,(H,38,42)/t24-,25+/m0/s1. The van der Waals surface area contributed by atoms with E-state index >= 15 is 0 Å². The molecular weight excluding hydrogens is 562 g/mol. The molecule has 2 aromatic carbocycles. The van der Waals surface area contributed by atoms with Crippen molar-refractivity contribution >= 4 is 30.0 Å². The van der Waals surface area contributed by atoms with Crippen LogP contribution in [0.2, 0.25) is 6.82 Å². The van der Waals surface area contributed by atoms with Crippen molar-refractivity contribution in [1.29, 1.82) is 0 Å². The number of rotatable bonds is 14. The van der Waals surface area contributed by atoms with Gasteiger partial charge in [0, 0.05) is 39.0 Å². The lowest BCUT2D eigenvalue weighted by Gasteiger charge is -2.23. The van der Waals surface area contributed by atoms with Gasteiger partial charge in [0.1, 0.15) is 0 Å². The van der Waals surface area contributed by atoms with Crippen LogP contribution in [-0.2, 0) is 43.7 Å². The highest BCUT2D eigenvalue weighted by atomic mass is 19.4. The summed E-state index contributed by atoms with van der Waals surface area (Å²) in [5.41, 5.74) is 19.0. The molecule has 3 rings (SSSR count). The van der Waals surface area contributed by atoms with E-state index in [1.807, 2.05) is 38.9 Å². The Morgan fingerprint density at radius 2 is 1.63 bits per heavy atom. The first-order chi connectivity index (χ1) is 20.2. The lowest BCUT2D eigenvalue weighted by molar-refractivity contribution is -0.137. The lowest BCUT2D eigenvalue weighted by atomic mass is 9.64. The number of nitrogens with zero attached hydrogens (tertiary/aromatic N) is 1. The molecule has 0 spiro atoms. The topological polar surface area (TPSA) is 154 Å². The highest BCUT2D eigenvalue weighted by Crippen LogP contribution is 2.31. The normalized spacial score (nSPS) is 15.5. The molecule has 0 unspecified atom stereocenters. The number of carbonyl (C=O) groups is 3. The van der Waals surface area contributed by atoms with Crippen LogP contribution in [0.4, 0.5) is 13.2 Å². The Kier molecular flexibility index (Phi) is 11.5. The Bertz CT molecular complexity index is 1280. The minimum absolute atomic E-state index is 0.0164. The van der Waals surface area contributed by atoms with Crippen molar-refractivity contribution in [3.8, 4) is 0 Å². The Morgan fingerprint density at radius 1 is 1.02 bits per heavy atom. The van der Waals surface area contributed by atoms with Gasteiger partial charge in [0.2, 0.25) is 11.8 Å². The molecule has 0 saturated carbocycles. The van der Waals surface area contributed by atoms with E-state index in [1.54, 1.807) is 0 Å². The Morgan fingerprint density at radius 3 is 2.21 bits per heavy atom. The number of alkyl halides is 3. The summed E-state index contributed by atoms with van der Waals surface area (Å²) in [7, 11) is 0. The smallest absolute Gasteiger partial charge is 0.416 e. The molecule has 0 saturated heterocycles. The number of amides is 2. The lowest BCUT2D eigenvalue weighted by Crippen LogP contribution is -2.50. The van der Waals surface area contributed by atoms with Gasteiger partial charge >= 0.3 is 13.1 Å². The summed E-state index contributed by atoms with van der Waals surface area (Å²) >= 11 is 0. The Balaban J connectivity index is 1.76. The molecule has 7 N–H and O–H groups in total. The number of carbonyl (C=O) groups excluding carboxylic acids is 3. The predicted molar refractivity (Wildman–Crippen MR) is 159 cm³/mol. The number of ketones is 1. The molecule has 234 valence electrons. The van der Waals surface area contributed by atoms with Gasteiger partial charge in [0.15, 0.2) is 5.78 Å². The van der Waals surface area contributed by atoms with Crippen LogP contribution in [0.15, 0.2) is 42.5 Å². The molecule has 2 amide bonds. The van der Waals surface area contributed by atoms with Crippen LogP contribution in [-0.4, -0.2) is 67.7 Å². The summed E-state index contributed by atoms with van der Waals surface area (Å²) < 4.78 is 45.3. The fraction of sp³-hybridized carbons (Fsp3) is 0.500. The zero-order valence-corrected chi connectivity index (χ0v) is 24.9. The second kappa shape index (κ2) is 14.5. The van der Waals surface area contributed by atoms with E-state index in [2.05, 4.69) is 5.32 Å². The maximum absolute atomic E-state index is 13.6. The fourth-order valence-corrected chi connectivity index (χ4v) is 5.31. The molecule has 0 bridgehead atoms. The molecule has 1 heterocycles. The summed E-state index contributed by atoms with van der Waals surface area (Å²) in [6.45, 7) is 6.95. The Labute approximate surface area is 250 Å². The third kappa shape index (κ3) is 9.12. The van der Waals surface area contributed by atoms with E-state index in [0.29, 0.717) is 18.7 Å². The molecular formula is C30H41BF3N5O4. The average Bonchev–Trinajstić information content (AvgIpc) is 3.17. The summed E-state index contributed by atoms with van der Waals surface area (Å²) in [6, 6.07) is 7.97. The van der Waals surface area contributed by atoms with Crippen molar-refractivity contribution in [2.75, 3.05) is 26.2 Å². The first-order valence-corrected chi connectivity index (χ1v) is 14.4. The van der Waals surface area contributed by atoms with Crippen molar-refractivity contribution in [2.24, 2.45) is 17.2 Å². The number of hydrogen-bond acceptors (Lipinski definition) is 7. The summed E-state index contributed by atoms with van der Waals surface area (Å²) in [6.07, 6.45) is -4.55. The summed E-state index contributed by atoms with van der Waals surface area (Å²) in [5, 5.41) is 2.68. The largest absolute Gasteiger partial charge is 0.422 e. The molecule has 0 aliphatic carbocycles. The molecule has 2 aromatic rings. The fourth-order valence-electron chi connectivity index (χ4n) is 5.31. The number of halogens is 3. The monoisotopic (exact) mass is 603 g/mol. The van der Waals surface area contributed by atoms with Crippen LogP contribution in [0.3, 0.4) is 0 Å². The molecule has 0 aromatic heterocycles. The SMILES string of the molecule is CB1OC(C)(C)c2cc(CC(=O)[C@@H](Cc3ccc(C(F)(F)F)cc3)NC(=O)[C@@H](N)CCC(=O)N(CCN)CCN)ccc21. The molecule has 0 fully saturated rings. The zero-order valence-electron chi connectivity index (χ0n) is 24.9. The quantitative estimate of drug-likeness (QED) is 0.239. The second-order valence-corrected chi connectivity index (χ2v) is 11.4. The molecule has 1 aliphatic heterocycles. The molecule has 43 heavy (non-hydrogen) atoms. The minimum Gasteiger partial charge on any atom is -0.422 e. The molecule has 9 nitrogen and oxygen atoms in total. The van der Waals surface area contributed by atoms with Crippen LogP contribution in [0.1, 0.15) is 48.9 Å². The molecule has 2 atom stereocenters. The van der Waals surface area contributed by atoms with E-state index in [4.69, 9.17) is 21.9 Å². The Hall–Kier alpha value is -3.26. The van der Waals surface area contributed by atoms with Gasteiger partial charge in [-0.2, -0.15) is 13.2 Å². The number of Topliss-reactive ketones (excluding diaryl/α,β-unsaturated/α-hetero) is 1. The maximum atomic E-state index is 13.6. The van der Waals surface area contributed by atoms with Gasteiger partial charge in [-0.05, 0) is 61.0 Å². The third-order valence-corrected chi connectivity index (χ3v) is 7.64. The van der Waals surface area contributed by atoms with Gasteiger partial charge in [-0.3, -0.25) is 14.4 Å². The number of fused-ring (bicyclic) bond motifs is 1. The van der Waals surface area contributed by atoms with Crippen molar-refractivity contribution in [3.63, 3.8) is 0 Å². The van der Waals surface area contributed by atoms with Gasteiger partial charge in [0.25, 0.3) is 0 Å².